The van der Waals surface area contributed by atoms with Crippen molar-refractivity contribution in [2.75, 3.05) is 14.1 Å². The summed E-state index contributed by atoms with van der Waals surface area (Å²) in [6.07, 6.45) is 7.69. The predicted octanol–water partition coefficient (Wildman–Crippen LogP) is 2.19. The molecule has 56 valence electrons. The lowest BCUT2D eigenvalue weighted by Gasteiger charge is -2.10. The maximum atomic E-state index is 3.57. The Bertz CT molecular complexity index is 152. The molecule has 0 saturated heterocycles. The van der Waals surface area contributed by atoms with Crippen molar-refractivity contribution in [1.82, 2.24) is 4.90 Å². The highest BCUT2D eigenvalue weighted by Gasteiger charge is 1.84. The van der Waals surface area contributed by atoms with E-state index in [4.69, 9.17) is 0 Å². The van der Waals surface area contributed by atoms with Gasteiger partial charge in [-0.25, -0.2) is 0 Å². The molecule has 0 atom stereocenters. The Kier molecular flexibility index (Phi) is 4.38. The van der Waals surface area contributed by atoms with Gasteiger partial charge in [0.05, 0.1) is 0 Å². The van der Waals surface area contributed by atoms with Crippen LogP contribution in [0.3, 0.4) is 0 Å². The van der Waals surface area contributed by atoms with Crippen LogP contribution in [0.5, 0.6) is 0 Å². The van der Waals surface area contributed by atoms with Crippen molar-refractivity contribution in [2.45, 2.75) is 6.92 Å². The maximum absolute atomic E-state index is 3.57. The number of hydrogen-bond acceptors (Lipinski definition) is 1. The predicted molar refractivity (Wildman–Crippen MR) is 46.8 cm³/mol. The van der Waals surface area contributed by atoms with Gasteiger partial charge < -0.3 is 4.90 Å². The summed E-state index contributed by atoms with van der Waals surface area (Å²) in [5.41, 5.74) is 1.23. The zero-order valence-corrected chi connectivity index (χ0v) is 6.96. The molecule has 0 unspecified atom stereocenters. The topological polar surface area (TPSA) is 3.24 Å². The van der Waals surface area contributed by atoms with Crippen LogP contribution < -0.4 is 0 Å². The molecule has 0 aliphatic carbocycles. The minimum Gasteiger partial charge on any atom is -0.381 e. The Morgan fingerprint density at radius 3 is 2.30 bits per heavy atom. The van der Waals surface area contributed by atoms with Crippen molar-refractivity contribution in [2.24, 2.45) is 0 Å². The third kappa shape index (κ3) is 3.96. The third-order valence-electron chi connectivity index (χ3n) is 1.29. The molecule has 0 bridgehead atoms. The van der Waals surface area contributed by atoms with Crippen LogP contribution >= 0.6 is 0 Å². The van der Waals surface area contributed by atoms with Crippen LogP contribution in [0.25, 0.3) is 0 Å². The molecular weight excluding hydrogens is 122 g/mol. The monoisotopic (exact) mass is 137 g/mol. The van der Waals surface area contributed by atoms with Crippen LogP contribution in [0, 0.1) is 0 Å². The van der Waals surface area contributed by atoms with Crippen LogP contribution in [0.1, 0.15) is 6.92 Å². The summed E-state index contributed by atoms with van der Waals surface area (Å²) < 4.78 is 0. The van der Waals surface area contributed by atoms with E-state index >= 15 is 0 Å². The fourth-order valence-corrected chi connectivity index (χ4v) is 0.422. The van der Waals surface area contributed by atoms with E-state index in [0.717, 1.165) is 0 Å². The number of allylic oxidation sites excluding steroid dienone is 5. The maximum Gasteiger partial charge on any atom is 0.00958 e. The molecule has 10 heavy (non-hydrogen) atoms. The highest BCUT2D eigenvalue weighted by molar-refractivity contribution is 5.12. The lowest BCUT2D eigenvalue weighted by Crippen LogP contribution is -2.07. The SMILES string of the molecule is C=C/C=C\C=C(/C)N(C)C. The Hall–Kier alpha value is -0.980. The average molecular weight is 137 g/mol. The molecule has 0 spiro atoms. The first-order valence-corrected chi connectivity index (χ1v) is 3.31. The van der Waals surface area contributed by atoms with E-state index in [0.29, 0.717) is 0 Å². The van der Waals surface area contributed by atoms with Crippen LogP contribution in [-0.2, 0) is 0 Å². The van der Waals surface area contributed by atoms with Crippen LogP contribution in [0.4, 0.5) is 0 Å². The van der Waals surface area contributed by atoms with Gasteiger partial charge in [0.15, 0.2) is 0 Å². The minimum absolute atomic E-state index is 1.23. The fraction of sp³-hybridized carbons (Fsp3) is 0.333. The number of rotatable bonds is 3. The second-order valence-electron chi connectivity index (χ2n) is 2.32. The molecular formula is C9H15N. The van der Waals surface area contributed by atoms with Crippen LogP contribution in [0.15, 0.2) is 36.6 Å². The standard InChI is InChI=1S/C9H15N/c1-5-6-7-8-9(2)10(3)4/h5-8H,1H2,2-4H3/b7-6-,9-8+. The van der Waals surface area contributed by atoms with Gasteiger partial charge in [-0.2, -0.15) is 0 Å². The summed E-state index contributed by atoms with van der Waals surface area (Å²) in [7, 11) is 4.04. The molecule has 0 saturated carbocycles. The Morgan fingerprint density at radius 2 is 1.90 bits per heavy atom. The average Bonchev–Trinajstić information content (AvgIpc) is 1.88. The number of nitrogens with zero attached hydrogens (tertiary/aromatic N) is 1. The quantitative estimate of drug-likeness (QED) is 0.539. The van der Waals surface area contributed by atoms with Crippen LogP contribution in [-0.4, -0.2) is 19.0 Å². The largest absolute Gasteiger partial charge is 0.381 e. The molecule has 1 nitrogen and oxygen atoms in total. The summed E-state index contributed by atoms with van der Waals surface area (Å²) >= 11 is 0. The fourth-order valence-electron chi connectivity index (χ4n) is 0.422. The lowest BCUT2D eigenvalue weighted by molar-refractivity contribution is 0.514. The molecule has 0 aliphatic heterocycles. The van der Waals surface area contributed by atoms with Crippen molar-refractivity contribution >= 4 is 0 Å². The molecule has 0 aromatic heterocycles. The number of hydrogen-bond donors (Lipinski definition) is 0. The van der Waals surface area contributed by atoms with Gasteiger partial charge in [-0.05, 0) is 13.0 Å². The molecule has 0 N–H and O–H groups in total. The molecule has 0 rings (SSSR count). The van der Waals surface area contributed by atoms with E-state index < -0.39 is 0 Å². The van der Waals surface area contributed by atoms with E-state index in [1.54, 1.807) is 6.08 Å². The molecule has 0 radical (unpaired) electrons. The first-order valence-electron chi connectivity index (χ1n) is 3.31. The highest BCUT2D eigenvalue weighted by atomic mass is 15.1. The van der Waals surface area contributed by atoms with Gasteiger partial charge in [-0.3, -0.25) is 0 Å². The molecule has 0 amide bonds. The van der Waals surface area contributed by atoms with Crippen molar-refractivity contribution < 1.29 is 0 Å². The van der Waals surface area contributed by atoms with E-state index in [-0.39, 0.29) is 0 Å². The summed E-state index contributed by atoms with van der Waals surface area (Å²) in [5, 5.41) is 0. The Morgan fingerprint density at radius 1 is 1.30 bits per heavy atom. The molecule has 0 heterocycles. The van der Waals surface area contributed by atoms with Gasteiger partial charge >= 0.3 is 0 Å². The van der Waals surface area contributed by atoms with Gasteiger partial charge in [0.25, 0.3) is 0 Å². The van der Waals surface area contributed by atoms with Gasteiger partial charge in [-0.1, -0.05) is 24.8 Å². The molecule has 1 heteroatoms. The van der Waals surface area contributed by atoms with E-state index in [1.165, 1.54) is 5.70 Å². The second kappa shape index (κ2) is 4.86. The Labute approximate surface area is 63.3 Å². The second-order valence-corrected chi connectivity index (χ2v) is 2.32. The van der Waals surface area contributed by atoms with Crippen molar-refractivity contribution in [3.63, 3.8) is 0 Å². The smallest absolute Gasteiger partial charge is 0.00958 e. The summed E-state index contributed by atoms with van der Waals surface area (Å²) in [4.78, 5) is 2.06. The normalized spacial score (nSPS) is 12.1. The highest BCUT2D eigenvalue weighted by Crippen LogP contribution is 1.95. The van der Waals surface area contributed by atoms with Crippen LogP contribution in [0.2, 0.25) is 0 Å². The summed E-state index contributed by atoms with van der Waals surface area (Å²) in [6.45, 7) is 5.64. The lowest BCUT2D eigenvalue weighted by atomic mass is 10.4. The zero-order chi connectivity index (χ0) is 7.98. The summed E-state index contributed by atoms with van der Waals surface area (Å²) in [6, 6.07) is 0. The van der Waals surface area contributed by atoms with Crippen molar-refractivity contribution in [3.05, 3.63) is 36.6 Å². The van der Waals surface area contributed by atoms with Gasteiger partial charge in [0.2, 0.25) is 0 Å². The minimum atomic E-state index is 1.23. The van der Waals surface area contributed by atoms with E-state index in [1.807, 2.05) is 32.3 Å². The van der Waals surface area contributed by atoms with Gasteiger partial charge in [-0.15, -0.1) is 0 Å². The first-order chi connectivity index (χ1) is 4.68. The van der Waals surface area contributed by atoms with Crippen molar-refractivity contribution in [1.29, 1.82) is 0 Å². The van der Waals surface area contributed by atoms with Gasteiger partial charge in [0.1, 0.15) is 0 Å². The zero-order valence-electron chi connectivity index (χ0n) is 6.96. The van der Waals surface area contributed by atoms with Gasteiger partial charge in [0, 0.05) is 19.8 Å². The van der Waals surface area contributed by atoms with E-state index in [9.17, 15) is 0 Å². The molecule has 0 aliphatic rings. The Balaban J connectivity index is 3.91. The first kappa shape index (κ1) is 9.02. The van der Waals surface area contributed by atoms with E-state index in [2.05, 4.69) is 18.4 Å². The third-order valence-corrected chi connectivity index (χ3v) is 1.29. The molecule has 0 aromatic rings. The molecule has 0 fully saturated rings. The summed E-state index contributed by atoms with van der Waals surface area (Å²) in [5.74, 6) is 0. The molecule has 0 aromatic carbocycles. The van der Waals surface area contributed by atoms with Crippen molar-refractivity contribution in [3.8, 4) is 0 Å².